The van der Waals surface area contributed by atoms with Gasteiger partial charge in [0.05, 0.1) is 20.8 Å². The number of rotatable bonds is 4. The molecule has 1 amide bonds. The predicted octanol–water partition coefficient (Wildman–Crippen LogP) is 5.04. The van der Waals surface area contributed by atoms with E-state index in [0.717, 1.165) is 0 Å². The summed E-state index contributed by atoms with van der Waals surface area (Å²) in [7, 11) is 0. The molecule has 0 aliphatic rings. The molecule has 5 nitrogen and oxygen atoms in total. The van der Waals surface area contributed by atoms with Crippen LogP contribution >= 0.6 is 34.8 Å². The predicted molar refractivity (Wildman–Crippen MR) is 93.2 cm³/mol. The maximum absolute atomic E-state index is 12.2. The van der Waals surface area contributed by atoms with Crippen LogP contribution in [0.1, 0.15) is 28.8 Å². The number of ether oxygens (including phenoxy) is 1. The van der Waals surface area contributed by atoms with E-state index in [0.29, 0.717) is 11.5 Å². The molecule has 0 saturated carbocycles. The minimum absolute atomic E-state index is 0.220. The summed E-state index contributed by atoms with van der Waals surface area (Å²) in [6.45, 7) is 4.80. The van der Waals surface area contributed by atoms with Crippen molar-refractivity contribution in [1.82, 2.24) is 0 Å². The Bertz CT molecular complexity index is 801. The molecule has 1 heterocycles. The van der Waals surface area contributed by atoms with Crippen LogP contribution in [0, 0.1) is 13.8 Å². The number of nitrogens with one attached hydrogen (secondary N) is 1. The van der Waals surface area contributed by atoms with Crippen molar-refractivity contribution >= 4 is 52.4 Å². The van der Waals surface area contributed by atoms with Gasteiger partial charge in [-0.3, -0.25) is 4.79 Å². The maximum atomic E-state index is 12.2. The molecule has 1 atom stereocenters. The van der Waals surface area contributed by atoms with Gasteiger partial charge in [-0.05, 0) is 39.0 Å². The number of halogens is 3. The fourth-order valence-corrected chi connectivity index (χ4v) is 2.56. The first-order chi connectivity index (χ1) is 11.2. The summed E-state index contributed by atoms with van der Waals surface area (Å²) in [6, 6.07) is 4.38. The summed E-state index contributed by atoms with van der Waals surface area (Å²) in [5, 5.41) is 3.27. The lowest BCUT2D eigenvalue weighted by Crippen LogP contribution is -2.30. The van der Waals surface area contributed by atoms with Crippen molar-refractivity contribution in [3.63, 3.8) is 0 Å². The highest BCUT2D eigenvalue weighted by Crippen LogP contribution is 2.32. The third-order valence-corrected chi connectivity index (χ3v) is 4.22. The van der Waals surface area contributed by atoms with Gasteiger partial charge in [0.1, 0.15) is 17.1 Å². The number of hydrogen-bond donors (Lipinski definition) is 1. The molecule has 0 radical (unpaired) electrons. The Balaban J connectivity index is 2.06. The van der Waals surface area contributed by atoms with E-state index in [-0.39, 0.29) is 26.3 Å². The summed E-state index contributed by atoms with van der Waals surface area (Å²) >= 11 is 17.7. The van der Waals surface area contributed by atoms with E-state index in [2.05, 4.69) is 5.32 Å². The number of furan rings is 1. The van der Waals surface area contributed by atoms with Crippen molar-refractivity contribution in [3.8, 4) is 0 Å². The molecule has 0 fully saturated rings. The van der Waals surface area contributed by atoms with Gasteiger partial charge in [0.25, 0.3) is 5.91 Å². The van der Waals surface area contributed by atoms with Crippen LogP contribution in [0.3, 0.4) is 0 Å². The van der Waals surface area contributed by atoms with E-state index in [1.54, 1.807) is 19.9 Å². The second-order valence-corrected chi connectivity index (χ2v) is 6.33. The highest BCUT2D eigenvalue weighted by Gasteiger charge is 2.22. The molecule has 0 bridgehead atoms. The van der Waals surface area contributed by atoms with E-state index in [1.165, 1.54) is 19.1 Å². The van der Waals surface area contributed by atoms with E-state index in [1.807, 2.05) is 0 Å². The Kier molecular flexibility index (Phi) is 5.80. The van der Waals surface area contributed by atoms with Gasteiger partial charge in [0, 0.05) is 0 Å². The van der Waals surface area contributed by atoms with Gasteiger partial charge in [0.15, 0.2) is 6.10 Å². The molecular weight excluding hydrogens is 377 g/mol. The number of aryl methyl sites for hydroxylation is 2. The third kappa shape index (κ3) is 4.23. The van der Waals surface area contributed by atoms with Gasteiger partial charge in [0.2, 0.25) is 0 Å². The number of benzene rings is 1. The van der Waals surface area contributed by atoms with Gasteiger partial charge in [-0.25, -0.2) is 4.79 Å². The van der Waals surface area contributed by atoms with Gasteiger partial charge in [-0.15, -0.1) is 0 Å². The SMILES string of the molecule is Cc1cc(C(=O)OC(C)C(=O)Nc2cc(Cl)c(Cl)cc2Cl)c(C)o1. The van der Waals surface area contributed by atoms with E-state index in [9.17, 15) is 9.59 Å². The maximum Gasteiger partial charge on any atom is 0.342 e. The van der Waals surface area contributed by atoms with Crippen LogP contribution in [0.15, 0.2) is 22.6 Å². The number of carbonyl (C=O) groups excluding carboxylic acids is 2. The van der Waals surface area contributed by atoms with Gasteiger partial charge in [-0.2, -0.15) is 0 Å². The monoisotopic (exact) mass is 389 g/mol. The van der Waals surface area contributed by atoms with Crippen molar-refractivity contribution in [2.75, 3.05) is 5.32 Å². The largest absolute Gasteiger partial charge is 0.466 e. The van der Waals surface area contributed by atoms with Crippen molar-refractivity contribution in [2.45, 2.75) is 26.9 Å². The first-order valence-corrected chi connectivity index (χ1v) is 8.06. The third-order valence-electron chi connectivity index (χ3n) is 3.18. The molecule has 0 saturated heterocycles. The molecule has 1 aromatic carbocycles. The van der Waals surface area contributed by atoms with Crippen LogP contribution in [-0.4, -0.2) is 18.0 Å². The second-order valence-electron chi connectivity index (χ2n) is 5.11. The first kappa shape index (κ1) is 18.6. The Morgan fingerprint density at radius 1 is 1.08 bits per heavy atom. The Morgan fingerprint density at radius 3 is 2.29 bits per heavy atom. The summed E-state index contributed by atoms with van der Waals surface area (Å²) in [5.74, 6) is -0.189. The zero-order valence-corrected chi connectivity index (χ0v) is 15.3. The average Bonchev–Trinajstić information content (AvgIpc) is 2.83. The van der Waals surface area contributed by atoms with Crippen molar-refractivity contribution < 1.29 is 18.7 Å². The molecule has 24 heavy (non-hydrogen) atoms. The lowest BCUT2D eigenvalue weighted by Gasteiger charge is -2.14. The minimum atomic E-state index is -1.04. The number of anilines is 1. The van der Waals surface area contributed by atoms with Crippen LogP contribution in [0.2, 0.25) is 15.1 Å². The summed E-state index contributed by atoms with van der Waals surface area (Å²) < 4.78 is 10.4. The minimum Gasteiger partial charge on any atom is -0.466 e. The number of amides is 1. The van der Waals surface area contributed by atoms with Crippen molar-refractivity contribution in [1.29, 1.82) is 0 Å². The Labute approximate surface area is 153 Å². The summed E-state index contributed by atoms with van der Waals surface area (Å²) in [5.41, 5.74) is 0.550. The molecular formula is C16H14Cl3NO4. The molecule has 2 rings (SSSR count). The molecule has 1 unspecified atom stereocenters. The molecule has 8 heteroatoms. The quantitative estimate of drug-likeness (QED) is 0.586. The highest BCUT2D eigenvalue weighted by atomic mass is 35.5. The lowest BCUT2D eigenvalue weighted by molar-refractivity contribution is -0.123. The highest BCUT2D eigenvalue weighted by molar-refractivity contribution is 6.44. The first-order valence-electron chi connectivity index (χ1n) is 6.92. The lowest BCUT2D eigenvalue weighted by atomic mass is 10.2. The number of carbonyl (C=O) groups is 2. The smallest absolute Gasteiger partial charge is 0.342 e. The topological polar surface area (TPSA) is 68.5 Å². The van der Waals surface area contributed by atoms with Gasteiger partial charge >= 0.3 is 5.97 Å². The summed E-state index contributed by atoms with van der Waals surface area (Å²) in [4.78, 5) is 24.3. The van der Waals surface area contributed by atoms with E-state index < -0.39 is 18.0 Å². The second kappa shape index (κ2) is 7.47. The molecule has 128 valence electrons. The Morgan fingerprint density at radius 2 is 1.71 bits per heavy atom. The van der Waals surface area contributed by atoms with Gasteiger partial charge < -0.3 is 14.5 Å². The summed E-state index contributed by atoms with van der Waals surface area (Å²) in [6.07, 6.45) is -1.04. The normalized spacial score (nSPS) is 11.9. The van der Waals surface area contributed by atoms with Crippen molar-refractivity contribution in [2.24, 2.45) is 0 Å². The number of esters is 1. The van der Waals surface area contributed by atoms with Crippen molar-refractivity contribution in [3.05, 3.63) is 50.4 Å². The standard InChI is InChI=1S/C16H14Cl3NO4/c1-7-4-10(8(2)23-7)16(22)24-9(3)15(21)20-14-6-12(18)11(17)5-13(14)19/h4-6,9H,1-3H3,(H,20,21). The molecule has 0 spiro atoms. The molecule has 2 aromatic rings. The van der Waals surface area contributed by atoms with Crippen LogP contribution in [-0.2, 0) is 9.53 Å². The fourth-order valence-electron chi connectivity index (χ4n) is 1.96. The molecule has 1 N–H and O–H groups in total. The average molecular weight is 391 g/mol. The van der Waals surface area contributed by atoms with Crippen LogP contribution in [0.5, 0.6) is 0 Å². The fraction of sp³-hybridized carbons (Fsp3) is 0.250. The number of hydrogen-bond acceptors (Lipinski definition) is 4. The van der Waals surface area contributed by atoms with E-state index in [4.69, 9.17) is 44.0 Å². The molecule has 0 aliphatic heterocycles. The molecule has 1 aromatic heterocycles. The van der Waals surface area contributed by atoms with E-state index >= 15 is 0 Å². The Hall–Kier alpha value is -1.69. The zero-order valence-electron chi connectivity index (χ0n) is 13.1. The van der Waals surface area contributed by atoms with Crippen LogP contribution < -0.4 is 5.32 Å². The zero-order chi connectivity index (χ0) is 18.0. The molecule has 0 aliphatic carbocycles. The van der Waals surface area contributed by atoms with Crippen LogP contribution in [0.25, 0.3) is 0 Å². The van der Waals surface area contributed by atoms with Crippen LogP contribution in [0.4, 0.5) is 5.69 Å². The van der Waals surface area contributed by atoms with Gasteiger partial charge in [-0.1, -0.05) is 34.8 Å².